The minimum Gasteiger partial charge on any atom is -0.507 e. The highest BCUT2D eigenvalue weighted by Crippen LogP contribution is 2.29. The van der Waals surface area contributed by atoms with Crippen LogP contribution in [0.15, 0.2) is 79.6 Å². The van der Waals surface area contributed by atoms with Crippen LogP contribution < -0.4 is 0 Å². The van der Waals surface area contributed by atoms with Crippen LogP contribution in [0.4, 0.5) is 0 Å². The highest BCUT2D eigenvalue weighted by molar-refractivity contribution is 5.43. The first-order valence-corrected chi connectivity index (χ1v) is 11.4. The van der Waals surface area contributed by atoms with Crippen LogP contribution in [0.2, 0.25) is 0 Å². The van der Waals surface area contributed by atoms with Gasteiger partial charge in [-0.1, -0.05) is 17.7 Å². The van der Waals surface area contributed by atoms with E-state index in [-0.39, 0.29) is 5.75 Å². The number of phenolic OH excluding ortho intramolecular Hbond substituents is 1. The van der Waals surface area contributed by atoms with Crippen molar-refractivity contribution in [2.75, 3.05) is 0 Å². The van der Waals surface area contributed by atoms with Crippen LogP contribution >= 0.6 is 0 Å². The van der Waals surface area contributed by atoms with Crippen LogP contribution in [0.25, 0.3) is 0 Å². The summed E-state index contributed by atoms with van der Waals surface area (Å²) in [4.78, 5) is 21.0. The normalized spacial score (nSPS) is 11.6. The van der Waals surface area contributed by atoms with Crippen molar-refractivity contribution in [2.45, 2.75) is 46.2 Å². The molecular weight excluding hydrogens is 464 g/mol. The van der Waals surface area contributed by atoms with Crippen LogP contribution in [0.5, 0.6) is 5.75 Å². The highest BCUT2D eigenvalue weighted by Gasteiger charge is 2.20. The molecule has 0 bridgehead atoms. The molecule has 0 saturated carbocycles. The van der Waals surface area contributed by atoms with E-state index >= 15 is 0 Å². The van der Waals surface area contributed by atoms with E-state index in [9.17, 15) is 5.11 Å². The van der Waals surface area contributed by atoms with Crippen LogP contribution in [0.1, 0.15) is 40.3 Å². The molecule has 11 nitrogen and oxygen atoms in total. The zero-order chi connectivity index (χ0) is 24.7. The van der Waals surface area contributed by atoms with Crippen molar-refractivity contribution in [1.82, 2.24) is 29.7 Å². The third-order valence-corrected chi connectivity index (χ3v) is 5.57. The molecule has 4 heterocycles. The molecule has 4 aromatic heterocycles. The molecule has 0 aliphatic rings. The maximum Gasteiger partial charge on any atom is 0.208 e. The summed E-state index contributed by atoms with van der Waals surface area (Å²) >= 11 is 0. The smallest absolute Gasteiger partial charge is 0.208 e. The molecule has 36 heavy (non-hydrogen) atoms. The van der Waals surface area contributed by atoms with Gasteiger partial charge in [-0.05, 0) is 6.92 Å². The first kappa shape index (κ1) is 23.5. The van der Waals surface area contributed by atoms with Crippen molar-refractivity contribution in [1.29, 1.82) is 0 Å². The molecule has 0 aliphatic heterocycles. The number of hydrogen-bond donors (Lipinski definition) is 1. The number of benzene rings is 1. The third kappa shape index (κ3) is 6.06. The second-order valence-corrected chi connectivity index (χ2v) is 8.43. The van der Waals surface area contributed by atoms with E-state index in [1.165, 1.54) is 25.1 Å². The molecule has 1 aromatic carbocycles. The molecule has 0 amide bonds. The van der Waals surface area contributed by atoms with E-state index in [1.54, 1.807) is 24.8 Å². The number of nitrogens with zero attached hydrogens (tertiary/aromatic N) is 6. The molecule has 1 N–H and O–H groups in total. The van der Waals surface area contributed by atoms with Crippen molar-refractivity contribution < 1.29 is 22.8 Å². The summed E-state index contributed by atoms with van der Waals surface area (Å²) < 4.78 is 21.8. The quantitative estimate of drug-likeness (QED) is 0.272. The predicted molar refractivity (Wildman–Crippen MR) is 125 cm³/mol. The fraction of sp³-hybridized carbons (Fsp3) is 0.280. The van der Waals surface area contributed by atoms with Crippen molar-refractivity contribution in [3.8, 4) is 5.75 Å². The number of oxazole rings is 4. The lowest BCUT2D eigenvalue weighted by Crippen LogP contribution is -2.24. The zero-order valence-corrected chi connectivity index (χ0v) is 19.8. The summed E-state index contributed by atoms with van der Waals surface area (Å²) in [6.07, 6.45) is 12.6. The number of phenols is 1. The average molecular weight is 491 g/mol. The predicted octanol–water partition coefficient (Wildman–Crippen LogP) is 4.06. The van der Waals surface area contributed by atoms with E-state index in [0.717, 1.165) is 16.7 Å². The Hall–Kier alpha value is -4.22. The van der Waals surface area contributed by atoms with Crippen molar-refractivity contribution in [3.05, 3.63) is 102 Å². The Balaban J connectivity index is 1.38. The number of aromatic nitrogens is 4. The Morgan fingerprint density at radius 2 is 0.917 bits per heavy atom. The average Bonchev–Trinajstić information content (AvgIpc) is 3.66. The van der Waals surface area contributed by atoms with Crippen molar-refractivity contribution >= 4 is 0 Å². The minimum absolute atomic E-state index is 0.218. The Morgan fingerprint density at radius 1 is 0.583 bits per heavy atom. The monoisotopic (exact) mass is 490 g/mol. The number of hydrogen-bond acceptors (Lipinski definition) is 11. The molecule has 0 radical (unpaired) electrons. The summed E-state index contributed by atoms with van der Waals surface area (Å²) in [7, 11) is 0. The van der Waals surface area contributed by atoms with E-state index in [2.05, 4.69) is 19.9 Å². The molecule has 11 heteroatoms. The molecule has 5 rings (SSSR count). The molecular formula is C25H26N6O5. The van der Waals surface area contributed by atoms with Gasteiger partial charge < -0.3 is 22.8 Å². The van der Waals surface area contributed by atoms with Gasteiger partial charge in [-0.3, -0.25) is 9.80 Å². The summed E-state index contributed by atoms with van der Waals surface area (Å²) in [6.45, 7) is 4.59. The molecule has 0 saturated heterocycles. The largest absolute Gasteiger partial charge is 0.507 e. The lowest BCUT2D eigenvalue weighted by atomic mass is 10.0. The van der Waals surface area contributed by atoms with Crippen molar-refractivity contribution in [2.24, 2.45) is 0 Å². The fourth-order valence-electron chi connectivity index (χ4n) is 4.08. The van der Waals surface area contributed by atoms with Crippen LogP contribution in [0.3, 0.4) is 0 Å². The van der Waals surface area contributed by atoms with Gasteiger partial charge in [0.25, 0.3) is 0 Å². The Kier molecular flexibility index (Phi) is 7.20. The summed E-state index contributed by atoms with van der Waals surface area (Å²) in [5.74, 6) is 2.48. The van der Waals surface area contributed by atoms with E-state index in [1.807, 2.05) is 28.9 Å². The Labute approximate surface area is 207 Å². The van der Waals surface area contributed by atoms with Gasteiger partial charge in [0.15, 0.2) is 0 Å². The second-order valence-electron chi connectivity index (χ2n) is 8.43. The first-order chi connectivity index (χ1) is 17.6. The van der Waals surface area contributed by atoms with Gasteiger partial charge in [-0.25, -0.2) is 19.9 Å². The maximum absolute atomic E-state index is 11.3. The summed E-state index contributed by atoms with van der Waals surface area (Å²) in [5.41, 5.74) is 2.57. The van der Waals surface area contributed by atoms with Gasteiger partial charge in [-0.2, -0.15) is 0 Å². The van der Waals surface area contributed by atoms with E-state index in [4.69, 9.17) is 17.7 Å². The summed E-state index contributed by atoms with van der Waals surface area (Å²) in [6, 6.07) is 3.95. The van der Waals surface area contributed by atoms with E-state index < -0.39 is 0 Å². The molecule has 0 aliphatic carbocycles. The van der Waals surface area contributed by atoms with Gasteiger partial charge in [-0.15, -0.1) is 0 Å². The maximum atomic E-state index is 11.3. The molecule has 0 spiro atoms. The zero-order valence-electron chi connectivity index (χ0n) is 19.8. The van der Waals surface area contributed by atoms with E-state index in [0.29, 0.717) is 62.8 Å². The molecule has 186 valence electrons. The number of aryl methyl sites for hydroxylation is 1. The second kappa shape index (κ2) is 11.0. The lowest BCUT2D eigenvalue weighted by molar-refractivity contribution is 0.194. The Bertz CT molecular complexity index is 1150. The standard InChI is InChI=1S/C25H26N6O5/c1-18-10-19(12-30(14-21-26-2-6-33-21)15-22-27-3-7-34-22)25(32)20(11-18)13-31(16-23-28-4-8-35-23)17-24-29-5-9-36-24/h2-11,32H,12-17H2,1H3. The Morgan fingerprint density at radius 3 is 1.19 bits per heavy atom. The number of rotatable bonds is 12. The molecule has 5 aromatic rings. The SMILES string of the molecule is Cc1cc(CN(Cc2ncco2)Cc2ncco2)c(O)c(CN(Cc2ncco2)Cc2ncco2)c1. The number of aromatic hydroxyl groups is 1. The van der Waals surface area contributed by atoms with Crippen LogP contribution in [0, 0.1) is 6.92 Å². The van der Waals surface area contributed by atoms with Gasteiger partial charge in [0.1, 0.15) is 30.8 Å². The van der Waals surface area contributed by atoms with Gasteiger partial charge in [0, 0.05) is 24.2 Å². The molecule has 0 fully saturated rings. The fourth-order valence-corrected chi connectivity index (χ4v) is 4.08. The van der Waals surface area contributed by atoms with Crippen LogP contribution in [-0.4, -0.2) is 34.8 Å². The highest BCUT2D eigenvalue weighted by atomic mass is 16.4. The van der Waals surface area contributed by atoms with Gasteiger partial charge in [0.05, 0.1) is 51.0 Å². The third-order valence-electron chi connectivity index (χ3n) is 5.57. The lowest BCUT2D eigenvalue weighted by Gasteiger charge is -2.23. The summed E-state index contributed by atoms with van der Waals surface area (Å²) in [5, 5.41) is 11.3. The van der Waals surface area contributed by atoms with Gasteiger partial charge >= 0.3 is 0 Å². The topological polar surface area (TPSA) is 131 Å². The van der Waals surface area contributed by atoms with Crippen LogP contribution in [-0.2, 0) is 39.3 Å². The minimum atomic E-state index is 0.218. The molecule has 0 unspecified atom stereocenters. The molecule has 0 atom stereocenters. The van der Waals surface area contributed by atoms with Crippen molar-refractivity contribution in [3.63, 3.8) is 0 Å². The van der Waals surface area contributed by atoms with Gasteiger partial charge in [0.2, 0.25) is 23.6 Å². The first-order valence-electron chi connectivity index (χ1n) is 11.4.